The molecule has 4 fully saturated rings. The molecule has 0 aromatic heterocycles. The molecule has 0 aromatic rings. The van der Waals surface area contributed by atoms with Crippen molar-refractivity contribution in [3.05, 3.63) is 0 Å². The molecule has 1 aliphatic heterocycles. The van der Waals surface area contributed by atoms with Gasteiger partial charge in [-0.25, -0.2) is 8.42 Å². The van der Waals surface area contributed by atoms with Crippen LogP contribution in [0.25, 0.3) is 0 Å². The maximum absolute atomic E-state index is 12.7. The van der Waals surface area contributed by atoms with Gasteiger partial charge in [0.25, 0.3) is 10.0 Å². The van der Waals surface area contributed by atoms with Gasteiger partial charge in [0, 0.05) is 6.42 Å². The highest BCUT2D eigenvalue weighted by molar-refractivity contribution is 7.91. The van der Waals surface area contributed by atoms with E-state index in [4.69, 9.17) is 4.74 Å². The first-order chi connectivity index (χ1) is 10.9. The molecule has 2 unspecified atom stereocenters. The predicted molar refractivity (Wildman–Crippen MR) is 92.3 cm³/mol. The van der Waals surface area contributed by atoms with Crippen LogP contribution in [0.3, 0.4) is 0 Å². The van der Waals surface area contributed by atoms with Crippen molar-refractivity contribution < 1.29 is 18.3 Å². The third kappa shape index (κ3) is 2.28. The molecule has 4 bridgehead atoms. The van der Waals surface area contributed by atoms with Gasteiger partial charge in [0.1, 0.15) is 10.3 Å². The lowest BCUT2D eigenvalue weighted by atomic mass is 9.47. The van der Waals surface area contributed by atoms with Gasteiger partial charge in [-0.1, -0.05) is 0 Å². The SMILES string of the molecule is CC1(C)OC(CC23C[C@@H]4C[C@@H](CC(O)(C4)C2)C3)=NS(=O)(=O)C1(C)C. The maximum atomic E-state index is 12.7. The van der Waals surface area contributed by atoms with Crippen molar-refractivity contribution in [2.24, 2.45) is 21.6 Å². The molecule has 0 saturated heterocycles. The normalized spacial score (nSPS) is 47.1. The fourth-order valence-corrected chi connectivity index (χ4v) is 7.25. The molecule has 0 amide bonds. The summed E-state index contributed by atoms with van der Waals surface area (Å²) in [5.41, 5.74) is -1.40. The van der Waals surface area contributed by atoms with Crippen LogP contribution in [-0.2, 0) is 14.8 Å². The summed E-state index contributed by atoms with van der Waals surface area (Å²) in [6.07, 6.45) is 6.48. The highest BCUT2D eigenvalue weighted by Gasteiger charge is 2.59. The van der Waals surface area contributed by atoms with Crippen molar-refractivity contribution in [2.45, 2.75) is 88.6 Å². The van der Waals surface area contributed by atoms with Gasteiger partial charge in [0.2, 0.25) is 5.90 Å². The van der Waals surface area contributed by atoms with Crippen molar-refractivity contribution in [3.63, 3.8) is 0 Å². The number of nitrogens with zero attached hydrogens (tertiary/aromatic N) is 1. The zero-order valence-corrected chi connectivity index (χ0v) is 15.9. The molecule has 4 aliphatic carbocycles. The zero-order chi connectivity index (χ0) is 17.6. The van der Waals surface area contributed by atoms with Gasteiger partial charge in [-0.05, 0) is 83.5 Å². The Morgan fingerprint density at radius 3 is 2.21 bits per heavy atom. The van der Waals surface area contributed by atoms with E-state index in [1.54, 1.807) is 13.8 Å². The van der Waals surface area contributed by atoms with Crippen LogP contribution in [0.4, 0.5) is 0 Å². The topological polar surface area (TPSA) is 76.0 Å². The van der Waals surface area contributed by atoms with E-state index in [1.807, 2.05) is 13.8 Å². The Hall–Kier alpha value is -0.620. The Morgan fingerprint density at radius 2 is 1.71 bits per heavy atom. The lowest BCUT2D eigenvalue weighted by molar-refractivity contribution is -0.162. The van der Waals surface area contributed by atoms with Crippen LogP contribution in [0.1, 0.15) is 72.6 Å². The summed E-state index contributed by atoms with van der Waals surface area (Å²) in [5, 5.41) is 10.9. The van der Waals surface area contributed by atoms with Crippen LogP contribution in [0.5, 0.6) is 0 Å². The third-order valence-electron chi connectivity index (χ3n) is 7.37. The van der Waals surface area contributed by atoms with Crippen molar-refractivity contribution in [1.29, 1.82) is 0 Å². The number of hydrogen-bond donors (Lipinski definition) is 1. The quantitative estimate of drug-likeness (QED) is 0.826. The summed E-state index contributed by atoms with van der Waals surface area (Å²) in [6, 6.07) is 0. The number of hydrogen-bond acceptors (Lipinski definition) is 4. The summed E-state index contributed by atoms with van der Waals surface area (Å²) in [6.45, 7) is 7.00. The minimum atomic E-state index is -3.62. The fraction of sp³-hybridized carbons (Fsp3) is 0.944. The number of rotatable bonds is 2. The summed E-state index contributed by atoms with van der Waals surface area (Å²) < 4.78 is 34.4. The molecular weight excluding hydrogens is 326 g/mol. The highest BCUT2D eigenvalue weighted by atomic mass is 32.2. The Morgan fingerprint density at radius 1 is 1.12 bits per heavy atom. The van der Waals surface area contributed by atoms with Gasteiger partial charge in [-0.2, -0.15) is 0 Å². The molecule has 6 heteroatoms. The molecule has 4 atom stereocenters. The van der Waals surface area contributed by atoms with Crippen LogP contribution >= 0.6 is 0 Å². The van der Waals surface area contributed by atoms with E-state index in [1.165, 1.54) is 6.42 Å². The summed E-state index contributed by atoms with van der Waals surface area (Å²) in [4.78, 5) is 0. The van der Waals surface area contributed by atoms with Crippen molar-refractivity contribution in [2.75, 3.05) is 0 Å². The third-order valence-corrected chi connectivity index (χ3v) is 9.59. The van der Waals surface area contributed by atoms with Crippen LogP contribution in [0.15, 0.2) is 4.40 Å². The van der Waals surface area contributed by atoms with E-state index in [-0.39, 0.29) is 5.41 Å². The van der Waals surface area contributed by atoms with Crippen LogP contribution in [0.2, 0.25) is 0 Å². The van der Waals surface area contributed by atoms with E-state index < -0.39 is 26.0 Å². The minimum absolute atomic E-state index is 0.0370. The Bertz CT molecular complexity index is 693. The highest BCUT2D eigenvalue weighted by Crippen LogP contribution is 2.63. The van der Waals surface area contributed by atoms with Gasteiger partial charge in [0.05, 0.1) is 5.60 Å². The predicted octanol–water partition coefficient (Wildman–Crippen LogP) is 3.02. The van der Waals surface area contributed by atoms with Gasteiger partial charge in [-0.3, -0.25) is 0 Å². The number of sulfonamides is 1. The molecule has 4 saturated carbocycles. The zero-order valence-electron chi connectivity index (χ0n) is 15.1. The molecule has 5 aliphatic rings. The second-order valence-corrected chi connectivity index (χ2v) is 12.1. The van der Waals surface area contributed by atoms with Crippen molar-refractivity contribution >= 4 is 15.9 Å². The maximum Gasteiger partial charge on any atom is 0.265 e. The van der Waals surface area contributed by atoms with Crippen molar-refractivity contribution in [1.82, 2.24) is 0 Å². The van der Waals surface area contributed by atoms with Crippen molar-refractivity contribution in [3.8, 4) is 0 Å². The molecule has 0 radical (unpaired) electrons. The van der Waals surface area contributed by atoms with E-state index >= 15 is 0 Å². The van der Waals surface area contributed by atoms with E-state index in [0.717, 1.165) is 32.1 Å². The standard InChI is InChI=1S/C18H29NO4S/c1-15(2)16(3,4)24(21,22)19-14(23-15)10-17-6-12-5-13(7-17)9-18(20,8-12)11-17/h12-13,20H,5-11H2,1-4H3/t12-,13+,17?,18?. The van der Waals surface area contributed by atoms with E-state index in [9.17, 15) is 13.5 Å². The number of aliphatic hydroxyl groups is 1. The molecule has 0 aromatic carbocycles. The molecular formula is C18H29NO4S. The largest absolute Gasteiger partial charge is 0.472 e. The Balaban J connectivity index is 1.66. The molecule has 136 valence electrons. The van der Waals surface area contributed by atoms with Gasteiger partial charge in [-0.15, -0.1) is 4.40 Å². The van der Waals surface area contributed by atoms with Crippen LogP contribution in [0, 0.1) is 17.3 Å². The van der Waals surface area contributed by atoms with Gasteiger partial charge >= 0.3 is 0 Å². The second kappa shape index (κ2) is 4.56. The fourth-order valence-electron chi connectivity index (χ4n) is 5.99. The Labute approximate surface area is 144 Å². The smallest absolute Gasteiger partial charge is 0.265 e. The lowest BCUT2D eigenvalue weighted by Crippen LogP contribution is -2.59. The minimum Gasteiger partial charge on any atom is -0.472 e. The first-order valence-electron chi connectivity index (χ1n) is 9.10. The first kappa shape index (κ1) is 16.8. The second-order valence-electron chi connectivity index (χ2n) is 9.94. The number of ether oxygens (including phenoxy) is 1. The van der Waals surface area contributed by atoms with Crippen LogP contribution < -0.4 is 0 Å². The molecule has 1 N–H and O–H groups in total. The van der Waals surface area contributed by atoms with E-state index in [2.05, 4.69) is 4.40 Å². The molecule has 0 spiro atoms. The molecule has 5 rings (SSSR count). The van der Waals surface area contributed by atoms with Gasteiger partial charge in [0.15, 0.2) is 0 Å². The molecule has 5 nitrogen and oxygen atoms in total. The monoisotopic (exact) mass is 355 g/mol. The summed E-state index contributed by atoms with van der Waals surface area (Å²) >= 11 is 0. The van der Waals surface area contributed by atoms with Crippen LogP contribution in [-0.4, -0.2) is 35.4 Å². The lowest BCUT2D eigenvalue weighted by Gasteiger charge is -2.60. The van der Waals surface area contributed by atoms with E-state index in [0.29, 0.717) is 24.2 Å². The van der Waals surface area contributed by atoms with Gasteiger partial charge < -0.3 is 9.84 Å². The summed E-state index contributed by atoms with van der Waals surface area (Å²) in [7, 11) is -3.62. The average molecular weight is 356 g/mol. The summed E-state index contributed by atoms with van der Waals surface area (Å²) in [5.74, 6) is 1.49. The molecule has 24 heavy (non-hydrogen) atoms. The first-order valence-corrected chi connectivity index (χ1v) is 10.5. The average Bonchev–Trinajstić information content (AvgIpc) is 2.31. The molecule has 1 heterocycles. The Kier molecular flexibility index (Phi) is 3.20.